The Balaban J connectivity index is 1.91. The number of amides is 1. The molecule has 0 aliphatic heterocycles. The van der Waals surface area contributed by atoms with Crippen molar-refractivity contribution in [2.75, 3.05) is 0 Å². The molecule has 2 atom stereocenters. The second-order valence-electron chi connectivity index (χ2n) is 6.22. The first-order valence-electron chi connectivity index (χ1n) is 8.28. The number of H-pyrrole nitrogens is 1. The highest BCUT2D eigenvalue weighted by atomic mass is 19.1. The zero-order valence-electron chi connectivity index (χ0n) is 14.6. The van der Waals surface area contributed by atoms with Crippen LogP contribution >= 0.6 is 0 Å². The molecule has 6 nitrogen and oxygen atoms in total. The molecule has 8 heteroatoms. The number of para-hydroxylation sites is 1. The van der Waals surface area contributed by atoms with E-state index in [0.717, 1.165) is 16.7 Å². The Bertz CT molecular complexity index is 1140. The Morgan fingerprint density at radius 3 is 2.52 bits per heavy atom. The minimum Gasteiger partial charge on any atom is -0.348 e. The van der Waals surface area contributed by atoms with E-state index in [2.05, 4.69) is 10.3 Å². The van der Waals surface area contributed by atoms with E-state index >= 15 is 0 Å². The second kappa shape index (κ2) is 7.14. The standard InChI is InChI=1S/C19H17F2N3O3/c1-10(13-8-7-12(20)9-15(13)21)22-17(25)11(2)24-18(26)14-5-3-4-6-16(14)23-19(24)27/h3-11H,1-2H3,(H,22,25)(H,23,27)/t10-,11+/m0/s1. The molecule has 3 aromatic rings. The Labute approximate surface area is 152 Å². The van der Waals surface area contributed by atoms with Gasteiger partial charge in [0.25, 0.3) is 5.56 Å². The van der Waals surface area contributed by atoms with Gasteiger partial charge in [0.05, 0.1) is 16.9 Å². The van der Waals surface area contributed by atoms with Gasteiger partial charge in [-0.05, 0) is 32.0 Å². The van der Waals surface area contributed by atoms with Gasteiger partial charge in [-0.25, -0.2) is 18.1 Å². The number of nitrogens with zero attached hydrogens (tertiary/aromatic N) is 1. The number of hydrogen-bond acceptors (Lipinski definition) is 3. The number of benzene rings is 2. The Hall–Kier alpha value is -3.29. The molecular formula is C19H17F2N3O3. The third-order valence-corrected chi connectivity index (χ3v) is 4.39. The predicted molar refractivity (Wildman–Crippen MR) is 96.5 cm³/mol. The van der Waals surface area contributed by atoms with Gasteiger partial charge in [0.15, 0.2) is 0 Å². The zero-order valence-corrected chi connectivity index (χ0v) is 14.6. The van der Waals surface area contributed by atoms with Crippen LogP contribution in [0.25, 0.3) is 10.9 Å². The molecule has 1 aromatic heterocycles. The molecule has 0 saturated carbocycles. The molecule has 0 spiro atoms. The highest BCUT2D eigenvalue weighted by Crippen LogP contribution is 2.18. The molecule has 0 saturated heterocycles. The molecule has 0 aliphatic rings. The zero-order chi connectivity index (χ0) is 19.7. The third-order valence-electron chi connectivity index (χ3n) is 4.39. The summed E-state index contributed by atoms with van der Waals surface area (Å²) in [5.41, 5.74) is -0.852. The number of carbonyl (C=O) groups excluding carboxylic acids is 1. The summed E-state index contributed by atoms with van der Waals surface area (Å²) in [6.07, 6.45) is 0. The number of carbonyl (C=O) groups is 1. The lowest BCUT2D eigenvalue weighted by Gasteiger charge is -2.19. The van der Waals surface area contributed by atoms with Crippen molar-refractivity contribution in [3.8, 4) is 0 Å². The van der Waals surface area contributed by atoms with Gasteiger partial charge < -0.3 is 10.3 Å². The minimum atomic E-state index is -1.13. The highest BCUT2D eigenvalue weighted by molar-refractivity contribution is 5.81. The summed E-state index contributed by atoms with van der Waals surface area (Å²) in [6.45, 7) is 2.92. The average molecular weight is 373 g/mol. The number of aromatic nitrogens is 2. The van der Waals surface area contributed by atoms with Crippen LogP contribution < -0.4 is 16.6 Å². The highest BCUT2D eigenvalue weighted by Gasteiger charge is 2.23. The fourth-order valence-electron chi connectivity index (χ4n) is 2.91. The fourth-order valence-corrected chi connectivity index (χ4v) is 2.91. The van der Waals surface area contributed by atoms with Crippen LogP contribution in [0.2, 0.25) is 0 Å². The molecule has 0 unspecified atom stereocenters. The summed E-state index contributed by atoms with van der Waals surface area (Å²) >= 11 is 0. The molecule has 0 radical (unpaired) electrons. The van der Waals surface area contributed by atoms with Crippen molar-refractivity contribution in [3.63, 3.8) is 0 Å². The Kier molecular flexibility index (Phi) is 4.89. The summed E-state index contributed by atoms with van der Waals surface area (Å²) in [5, 5.41) is 2.82. The molecule has 0 aliphatic carbocycles. The van der Waals surface area contributed by atoms with E-state index in [1.54, 1.807) is 24.3 Å². The largest absolute Gasteiger partial charge is 0.348 e. The van der Waals surface area contributed by atoms with Crippen LogP contribution in [0.15, 0.2) is 52.1 Å². The summed E-state index contributed by atoms with van der Waals surface area (Å²) in [6, 6.07) is 7.59. The van der Waals surface area contributed by atoms with Crippen LogP contribution in [-0.4, -0.2) is 15.5 Å². The number of fused-ring (bicyclic) bond motifs is 1. The first-order valence-corrected chi connectivity index (χ1v) is 8.28. The van der Waals surface area contributed by atoms with E-state index in [4.69, 9.17) is 0 Å². The smallest absolute Gasteiger partial charge is 0.329 e. The molecule has 1 heterocycles. The Morgan fingerprint density at radius 2 is 1.81 bits per heavy atom. The van der Waals surface area contributed by atoms with Gasteiger partial charge in [-0.3, -0.25) is 9.59 Å². The summed E-state index contributed by atoms with van der Waals surface area (Å²) in [4.78, 5) is 40.0. The van der Waals surface area contributed by atoms with Crippen molar-refractivity contribution in [3.05, 3.63) is 80.5 Å². The van der Waals surface area contributed by atoms with Crippen LogP contribution in [0, 0.1) is 11.6 Å². The predicted octanol–water partition coefficient (Wildman–Crippen LogP) is 2.41. The molecule has 0 bridgehead atoms. The van der Waals surface area contributed by atoms with E-state index in [1.165, 1.54) is 19.9 Å². The van der Waals surface area contributed by atoms with Gasteiger partial charge in [0.1, 0.15) is 17.7 Å². The van der Waals surface area contributed by atoms with Gasteiger partial charge in [-0.2, -0.15) is 0 Å². The van der Waals surface area contributed by atoms with Crippen molar-refractivity contribution in [2.24, 2.45) is 0 Å². The van der Waals surface area contributed by atoms with E-state index in [0.29, 0.717) is 5.52 Å². The van der Waals surface area contributed by atoms with Crippen LogP contribution in [-0.2, 0) is 4.79 Å². The molecule has 2 aromatic carbocycles. The fraction of sp³-hybridized carbons (Fsp3) is 0.211. The second-order valence-corrected chi connectivity index (χ2v) is 6.22. The average Bonchev–Trinajstić information content (AvgIpc) is 2.61. The van der Waals surface area contributed by atoms with Crippen molar-refractivity contribution in [1.82, 2.24) is 14.9 Å². The van der Waals surface area contributed by atoms with Crippen molar-refractivity contribution < 1.29 is 13.6 Å². The maximum absolute atomic E-state index is 13.9. The normalized spacial score (nSPS) is 13.3. The molecule has 0 fully saturated rings. The maximum Gasteiger partial charge on any atom is 0.329 e. The SMILES string of the molecule is C[C@H](NC(=O)[C@@H](C)n1c(=O)[nH]c2ccccc2c1=O)c1ccc(F)cc1F. The lowest BCUT2D eigenvalue weighted by atomic mass is 10.1. The van der Waals surface area contributed by atoms with Gasteiger partial charge >= 0.3 is 5.69 Å². The van der Waals surface area contributed by atoms with Gasteiger partial charge in [0, 0.05) is 11.6 Å². The number of aromatic amines is 1. The van der Waals surface area contributed by atoms with E-state index < -0.39 is 40.9 Å². The van der Waals surface area contributed by atoms with Crippen LogP contribution in [0.4, 0.5) is 8.78 Å². The van der Waals surface area contributed by atoms with Crippen molar-refractivity contribution in [2.45, 2.75) is 25.9 Å². The molecule has 140 valence electrons. The first kappa shape index (κ1) is 18.5. The van der Waals surface area contributed by atoms with Crippen LogP contribution in [0.1, 0.15) is 31.5 Å². The van der Waals surface area contributed by atoms with E-state index in [9.17, 15) is 23.2 Å². The summed E-state index contributed by atoms with van der Waals surface area (Å²) in [7, 11) is 0. The van der Waals surface area contributed by atoms with Gasteiger partial charge in [-0.15, -0.1) is 0 Å². The van der Waals surface area contributed by atoms with Gasteiger partial charge in [-0.1, -0.05) is 18.2 Å². The topological polar surface area (TPSA) is 84.0 Å². The number of halogens is 2. The first-order chi connectivity index (χ1) is 12.8. The lowest BCUT2D eigenvalue weighted by Crippen LogP contribution is -2.44. The van der Waals surface area contributed by atoms with Crippen LogP contribution in [0.3, 0.4) is 0 Å². The quantitative estimate of drug-likeness (QED) is 0.737. The molecular weight excluding hydrogens is 356 g/mol. The van der Waals surface area contributed by atoms with Crippen LogP contribution in [0.5, 0.6) is 0 Å². The van der Waals surface area contributed by atoms with E-state index in [-0.39, 0.29) is 10.9 Å². The summed E-state index contributed by atoms with van der Waals surface area (Å²) < 4.78 is 27.7. The molecule has 2 N–H and O–H groups in total. The lowest BCUT2D eigenvalue weighted by molar-refractivity contribution is -0.124. The van der Waals surface area contributed by atoms with E-state index in [1.807, 2.05) is 0 Å². The number of nitrogens with one attached hydrogen (secondary N) is 2. The molecule has 1 amide bonds. The van der Waals surface area contributed by atoms with Gasteiger partial charge in [0.2, 0.25) is 5.91 Å². The summed E-state index contributed by atoms with van der Waals surface area (Å²) in [5.74, 6) is -2.16. The maximum atomic E-state index is 13.9. The number of rotatable bonds is 4. The minimum absolute atomic E-state index is 0.0942. The number of hydrogen-bond donors (Lipinski definition) is 2. The van der Waals surface area contributed by atoms with Crippen molar-refractivity contribution in [1.29, 1.82) is 0 Å². The third kappa shape index (κ3) is 3.51. The molecule has 3 rings (SSSR count). The monoisotopic (exact) mass is 373 g/mol. The Morgan fingerprint density at radius 1 is 1.11 bits per heavy atom. The van der Waals surface area contributed by atoms with Crippen molar-refractivity contribution >= 4 is 16.8 Å². The molecule has 27 heavy (non-hydrogen) atoms.